The lowest BCUT2D eigenvalue weighted by atomic mass is 9.82. The molecule has 5 nitrogen and oxygen atoms in total. The Balaban J connectivity index is 2.20. The second-order valence-corrected chi connectivity index (χ2v) is 6.05. The summed E-state index contributed by atoms with van der Waals surface area (Å²) < 4.78 is 42.7. The second-order valence-electron chi connectivity index (χ2n) is 6.05. The maximum absolute atomic E-state index is 13.1. The number of nitrogens with zero attached hydrogens (tertiary/aromatic N) is 2. The van der Waals surface area contributed by atoms with Crippen molar-refractivity contribution in [1.29, 1.82) is 0 Å². The highest BCUT2D eigenvalue weighted by Gasteiger charge is 2.49. The maximum Gasteiger partial charge on any atom is 0.387 e. The van der Waals surface area contributed by atoms with Crippen molar-refractivity contribution in [3.05, 3.63) is 65.2 Å². The fourth-order valence-electron chi connectivity index (χ4n) is 3.18. The molecule has 0 unspecified atom stereocenters. The Bertz CT molecular complexity index is 874. The number of aryl methyl sites for hydroxylation is 1. The number of likely N-dealkylation sites (N-methyl/N-ethyl adjacent to an activating group) is 1. The van der Waals surface area contributed by atoms with Gasteiger partial charge < -0.3 is 10.5 Å². The van der Waals surface area contributed by atoms with Gasteiger partial charge in [0, 0.05) is 13.5 Å². The molecule has 2 N–H and O–H groups in total. The molecular weight excluding hydrogens is 359 g/mol. The first-order valence-electron chi connectivity index (χ1n) is 8.23. The monoisotopic (exact) mass is 377 g/mol. The van der Waals surface area contributed by atoms with Crippen LogP contribution in [-0.2, 0) is 16.8 Å². The molecule has 2 aromatic rings. The van der Waals surface area contributed by atoms with Crippen LogP contribution in [0, 0.1) is 0 Å². The summed E-state index contributed by atoms with van der Waals surface area (Å²) in [7, 11) is 1.50. The van der Waals surface area contributed by atoms with Crippen LogP contribution in [0.1, 0.15) is 16.7 Å². The van der Waals surface area contributed by atoms with Crippen molar-refractivity contribution in [1.82, 2.24) is 4.90 Å². The minimum Gasteiger partial charge on any atom is -0.435 e. The van der Waals surface area contributed by atoms with Gasteiger partial charge in [0.25, 0.3) is 5.91 Å². The molecule has 8 heteroatoms. The minimum atomic E-state index is -3.04. The van der Waals surface area contributed by atoms with Crippen LogP contribution >= 0.6 is 0 Å². The number of carbonyl (C=O) groups is 1. The van der Waals surface area contributed by atoms with Crippen molar-refractivity contribution in [3.63, 3.8) is 0 Å². The molecule has 1 aliphatic heterocycles. The molecular formula is C19H18F3N3O2. The van der Waals surface area contributed by atoms with E-state index in [-0.39, 0.29) is 29.6 Å². The number of ether oxygens (including phenoxy) is 1. The van der Waals surface area contributed by atoms with Crippen molar-refractivity contribution in [3.8, 4) is 5.75 Å². The molecule has 3 rings (SSSR count). The van der Waals surface area contributed by atoms with Crippen LogP contribution < -0.4 is 10.5 Å². The molecule has 0 fully saturated rings. The summed E-state index contributed by atoms with van der Waals surface area (Å²) in [6, 6.07) is 13.0. The van der Waals surface area contributed by atoms with Crippen molar-refractivity contribution in [2.75, 3.05) is 13.7 Å². The molecule has 0 saturated heterocycles. The van der Waals surface area contributed by atoms with E-state index in [9.17, 15) is 18.0 Å². The van der Waals surface area contributed by atoms with Crippen LogP contribution in [0.15, 0.2) is 53.5 Å². The van der Waals surface area contributed by atoms with Gasteiger partial charge in [-0.25, -0.2) is 4.99 Å². The number of halogens is 3. The molecule has 142 valence electrons. The maximum atomic E-state index is 13.1. The standard InChI is InChI=1S/C19H18F3N3O2/c1-25-16(26)19(24-18(25)23,13-5-3-2-4-6-13)14-7-8-15(27-17(21)22)12(11-14)9-10-20/h2-8,11,17H,9-10H2,1H3,(H2,23,24)/t19-/m0/s1. The number of benzene rings is 2. The van der Waals surface area contributed by atoms with E-state index in [1.165, 1.54) is 30.1 Å². The zero-order valence-electron chi connectivity index (χ0n) is 14.5. The zero-order valence-corrected chi connectivity index (χ0v) is 14.5. The molecule has 0 aromatic heterocycles. The lowest BCUT2D eigenvalue weighted by Gasteiger charge is -2.27. The summed E-state index contributed by atoms with van der Waals surface area (Å²) >= 11 is 0. The molecule has 0 bridgehead atoms. The third kappa shape index (κ3) is 3.22. The molecule has 1 aliphatic rings. The normalized spacial score (nSPS) is 19.5. The molecule has 0 aliphatic carbocycles. The summed E-state index contributed by atoms with van der Waals surface area (Å²) in [5.74, 6) is -0.492. The Hall–Kier alpha value is -3.03. The first-order valence-corrected chi connectivity index (χ1v) is 8.23. The molecule has 1 heterocycles. The average molecular weight is 377 g/mol. The summed E-state index contributed by atoms with van der Waals surface area (Å²) in [4.78, 5) is 18.7. The largest absolute Gasteiger partial charge is 0.435 e. The fourth-order valence-corrected chi connectivity index (χ4v) is 3.18. The van der Waals surface area contributed by atoms with E-state index in [0.717, 1.165) is 0 Å². The van der Waals surface area contributed by atoms with Gasteiger partial charge in [-0.15, -0.1) is 0 Å². The van der Waals surface area contributed by atoms with Crippen molar-refractivity contribution < 1.29 is 22.7 Å². The molecule has 2 aromatic carbocycles. The number of hydrogen-bond acceptors (Lipinski definition) is 4. The van der Waals surface area contributed by atoms with Gasteiger partial charge in [0.15, 0.2) is 11.5 Å². The first-order chi connectivity index (χ1) is 12.9. The number of alkyl halides is 3. The zero-order chi connectivity index (χ0) is 19.6. The summed E-state index contributed by atoms with van der Waals surface area (Å²) in [5.41, 5.74) is 5.61. The topological polar surface area (TPSA) is 67.9 Å². The van der Waals surface area contributed by atoms with Crippen LogP contribution in [0.25, 0.3) is 0 Å². The summed E-state index contributed by atoms with van der Waals surface area (Å²) in [6.07, 6.45) is -0.135. The molecule has 0 radical (unpaired) electrons. The van der Waals surface area contributed by atoms with Gasteiger partial charge in [-0.05, 0) is 28.8 Å². The predicted octanol–water partition coefficient (Wildman–Crippen LogP) is 2.83. The summed E-state index contributed by atoms with van der Waals surface area (Å²) in [6.45, 7) is -3.80. The average Bonchev–Trinajstić information content (AvgIpc) is 2.89. The van der Waals surface area contributed by atoms with Crippen LogP contribution in [-0.4, -0.2) is 37.1 Å². The van der Waals surface area contributed by atoms with Gasteiger partial charge in [-0.1, -0.05) is 36.4 Å². The van der Waals surface area contributed by atoms with E-state index in [4.69, 9.17) is 5.73 Å². The van der Waals surface area contributed by atoms with Gasteiger partial charge in [0.05, 0.1) is 6.67 Å². The van der Waals surface area contributed by atoms with E-state index in [1.54, 1.807) is 30.3 Å². The third-order valence-corrected chi connectivity index (χ3v) is 4.49. The van der Waals surface area contributed by atoms with Gasteiger partial charge >= 0.3 is 6.61 Å². The molecule has 27 heavy (non-hydrogen) atoms. The number of rotatable bonds is 6. The Morgan fingerprint density at radius 1 is 1.19 bits per heavy atom. The number of guanidine groups is 1. The lowest BCUT2D eigenvalue weighted by Crippen LogP contribution is -2.41. The number of hydrogen-bond donors (Lipinski definition) is 1. The Morgan fingerprint density at radius 2 is 1.89 bits per heavy atom. The molecule has 0 spiro atoms. The Morgan fingerprint density at radius 3 is 2.44 bits per heavy atom. The summed E-state index contributed by atoms with van der Waals surface area (Å²) in [5, 5.41) is 0. The van der Waals surface area contributed by atoms with Gasteiger partial charge in [-0.3, -0.25) is 14.1 Å². The van der Waals surface area contributed by atoms with Gasteiger partial charge in [0.1, 0.15) is 5.75 Å². The number of aliphatic imine (C=N–C) groups is 1. The van der Waals surface area contributed by atoms with E-state index in [0.29, 0.717) is 11.1 Å². The smallest absolute Gasteiger partial charge is 0.387 e. The third-order valence-electron chi connectivity index (χ3n) is 4.49. The highest BCUT2D eigenvalue weighted by Crippen LogP contribution is 2.40. The predicted molar refractivity (Wildman–Crippen MR) is 94.4 cm³/mol. The van der Waals surface area contributed by atoms with Crippen molar-refractivity contribution in [2.45, 2.75) is 18.6 Å². The van der Waals surface area contributed by atoms with Crippen LogP contribution in [0.4, 0.5) is 13.2 Å². The minimum absolute atomic E-state index is 0.0313. The second kappa shape index (κ2) is 7.30. The van der Waals surface area contributed by atoms with Crippen molar-refractivity contribution in [2.24, 2.45) is 10.7 Å². The van der Waals surface area contributed by atoms with E-state index < -0.39 is 18.8 Å². The Kier molecular flexibility index (Phi) is 5.07. The lowest BCUT2D eigenvalue weighted by molar-refractivity contribution is -0.129. The number of nitrogens with two attached hydrogens (primary N) is 1. The van der Waals surface area contributed by atoms with Crippen LogP contribution in [0.5, 0.6) is 5.75 Å². The highest BCUT2D eigenvalue weighted by atomic mass is 19.3. The van der Waals surface area contributed by atoms with Crippen molar-refractivity contribution >= 4 is 11.9 Å². The van der Waals surface area contributed by atoms with E-state index in [1.807, 2.05) is 0 Å². The quantitative estimate of drug-likeness (QED) is 0.842. The van der Waals surface area contributed by atoms with Crippen LogP contribution in [0.3, 0.4) is 0 Å². The van der Waals surface area contributed by atoms with E-state index in [2.05, 4.69) is 9.73 Å². The number of carbonyl (C=O) groups excluding carboxylic acids is 1. The van der Waals surface area contributed by atoms with E-state index >= 15 is 0 Å². The molecule has 0 saturated carbocycles. The molecule has 1 atom stereocenters. The van der Waals surface area contributed by atoms with Crippen LogP contribution in [0.2, 0.25) is 0 Å². The molecule has 1 amide bonds. The Labute approximate surface area is 154 Å². The SMILES string of the molecule is CN1C(=O)[C@](c2ccccc2)(c2ccc(OC(F)F)c(CCF)c2)N=C1N. The fraction of sp³-hybridized carbons (Fsp3) is 0.263. The van der Waals surface area contributed by atoms with Gasteiger partial charge in [0.2, 0.25) is 0 Å². The highest BCUT2D eigenvalue weighted by molar-refractivity contribution is 6.08. The first kappa shape index (κ1) is 18.8. The number of amides is 1. The van der Waals surface area contributed by atoms with Gasteiger partial charge in [-0.2, -0.15) is 8.78 Å².